The minimum Gasteiger partial charge on any atom is -0.494 e. The standard InChI is InChI=1S/C23H23FN2O5S/c1-3-30-20-10-6-18(7-11-20)25-32(28,29)22-14-12-21(13-15-22)31-16-23(27)26(2)19-8-4-17(24)5-9-19/h4-15,25H,3,16H2,1-2H3. The van der Waals surface area contributed by atoms with Crippen LogP contribution >= 0.6 is 0 Å². The van der Waals surface area contributed by atoms with E-state index >= 15 is 0 Å². The van der Waals surface area contributed by atoms with Crippen molar-refractivity contribution in [2.45, 2.75) is 11.8 Å². The maximum Gasteiger partial charge on any atom is 0.264 e. The molecule has 0 bridgehead atoms. The highest BCUT2D eigenvalue weighted by Crippen LogP contribution is 2.22. The first kappa shape index (κ1) is 23.1. The summed E-state index contributed by atoms with van der Waals surface area (Å²) in [6.07, 6.45) is 0. The number of sulfonamides is 1. The normalized spacial score (nSPS) is 11.0. The summed E-state index contributed by atoms with van der Waals surface area (Å²) >= 11 is 0. The van der Waals surface area contributed by atoms with Crippen LogP contribution in [0.4, 0.5) is 15.8 Å². The second-order valence-corrected chi connectivity index (χ2v) is 8.43. The Morgan fingerprint density at radius 1 is 0.906 bits per heavy atom. The fraction of sp³-hybridized carbons (Fsp3) is 0.174. The molecule has 3 aromatic carbocycles. The summed E-state index contributed by atoms with van der Waals surface area (Å²) in [6, 6.07) is 17.8. The van der Waals surface area contributed by atoms with Crippen molar-refractivity contribution in [2.75, 3.05) is 29.9 Å². The number of nitrogens with zero attached hydrogens (tertiary/aromatic N) is 1. The van der Waals surface area contributed by atoms with Crippen molar-refractivity contribution in [1.82, 2.24) is 0 Å². The van der Waals surface area contributed by atoms with Gasteiger partial charge >= 0.3 is 0 Å². The number of carbonyl (C=O) groups excluding carboxylic acids is 1. The van der Waals surface area contributed by atoms with Crippen LogP contribution in [0.2, 0.25) is 0 Å². The van der Waals surface area contributed by atoms with Crippen LogP contribution in [0.25, 0.3) is 0 Å². The zero-order valence-corrected chi connectivity index (χ0v) is 18.4. The zero-order valence-electron chi connectivity index (χ0n) is 17.6. The first-order valence-corrected chi connectivity index (χ1v) is 11.3. The van der Waals surface area contributed by atoms with Crippen LogP contribution < -0.4 is 19.1 Å². The number of benzene rings is 3. The molecule has 0 radical (unpaired) electrons. The maximum absolute atomic E-state index is 13.0. The first-order valence-electron chi connectivity index (χ1n) is 9.79. The van der Waals surface area contributed by atoms with Crippen molar-refractivity contribution >= 4 is 27.3 Å². The van der Waals surface area contributed by atoms with Crippen molar-refractivity contribution < 1.29 is 27.1 Å². The summed E-state index contributed by atoms with van der Waals surface area (Å²) in [4.78, 5) is 13.7. The zero-order chi connectivity index (χ0) is 23.1. The quantitative estimate of drug-likeness (QED) is 0.523. The average molecular weight is 459 g/mol. The van der Waals surface area contributed by atoms with E-state index in [0.717, 1.165) is 0 Å². The Balaban J connectivity index is 1.58. The fourth-order valence-electron chi connectivity index (χ4n) is 2.77. The fourth-order valence-corrected chi connectivity index (χ4v) is 3.82. The number of carbonyl (C=O) groups is 1. The van der Waals surface area contributed by atoms with E-state index in [2.05, 4.69) is 4.72 Å². The Morgan fingerprint density at radius 3 is 2.06 bits per heavy atom. The number of anilines is 2. The first-order chi connectivity index (χ1) is 15.3. The Labute approximate surface area is 186 Å². The van der Waals surface area contributed by atoms with Gasteiger partial charge in [-0.3, -0.25) is 9.52 Å². The van der Waals surface area contributed by atoms with Gasteiger partial charge in [-0.1, -0.05) is 0 Å². The minimum atomic E-state index is -3.79. The van der Waals surface area contributed by atoms with Gasteiger partial charge in [0.15, 0.2) is 6.61 Å². The van der Waals surface area contributed by atoms with Crippen molar-refractivity contribution in [3.8, 4) is 11.5 Å². The molecule has 3 rings (SSSR count). The van der Waals surface area contributed by atoms with E-state index in [1.165, 1.54) is 53.4 Å². The van der Waals surface area contributed by atoms with Gasteiger partial charge in [-0.05, 0) is 79.7 Å². The molecule has 3 aromatic rings. The highest BCUT2D eigenvalue weighted by Gasteiger charge is 2.15. The molecule has 0 aliphatic heterocycles. The van der Waals surface area contributed by atoms with E-state index in [0.29, 0.717) is 29.5 Å². The number of ether oxygens (including phenoxy) is 2. The third-order valence-corrected chi connectivity index (χ3v) is 5.90. The molecular weight excluding hydrogens is 435 g/mol. The Hall–Kier alpha value is -3.59. The molecule has 9 heteroatoms. The lowest BCUT2D eigenvalue weighted by molar-refractivity contribution is -0.120. The van der Waals surface area contributed by atoms with Gasteiger partial charge in [-0.25, -0.2) is 12.8 Å². The van der Waals surface area contributed by atoms with Crippen molar-refractivity contribution in [2.24, 2.45) is 0 Å². The molecule has 0 aromatic heterocycles. The maximum atomic E-state index is 13.0. The highest BCUT2D eigenvalue weighted by molar-refractivity contribution is 7.92. The predicted molar refractivity (Wildman–Crippen MR) is 120 cm³/mol. The van der Waals surface area contributed by atoms with E-state index in [9.17, 15) is 17.6 Å². The molecule has 0 spiro atoms. The molecule has 168 valence electrons. The number of rotatable bonds is 9. The molecule has 32 heavy (non-hydrogen) atoms. The highest BCUT2D eigenvalue weighted by atomic mass is 32.2. The Kier molecular flexibility index (Phi) is 7.32. The molecule has 0 aliphatic rings. The van der Waals surface area contributed by atoms with E-state index in [4.69, 9.17) is 9.47 Å². The van der Waals surface area contributed by atoms with Gasteiger partial charge in [-0.2, -0.15) is 0 Å². The van der Waals surface area contributed by atoms with E-state index < -0.39 is 15.8 Å². The van der Waals surface area contributed by atoms with Crippen LogP contribution in [-0.4, -0.2) is 34.6 Å². The van der Waals surface area contributed by atoms with Crippen LogP contribution in [0.3, 0.4) is 0 Å². The molecule has 0 saturated carbocycles. The lowest BCUT2D eigenvalue weighted by Gasteiger charge is -2.17. The molecule has 0 fully saturated rings. The molecule has 0 atom stereocenters. The molecule has 0 saturated heterocycles. The van der Waals surface area contributed by atoms with Crippen LogP contribution in [-0.2, 0) is 14.8 Å². The van der Waals surface area contributed by atoms with Gasteiger partial charge in [0.1, 0.15) is 17.3 Å². The topological polar surface area (TPSA) is 84.9 Å². The molecule has 0 unspecified atom stereocenters. The number of amides is 1. The summed E-state index contributed by atoms with van der Waals surface area (Å²) in [5, 5.41) is 0. The number of hydrogen-bond donors (Lipinski definition) is 1. The van der Waals surface area contributed by atoms with Gasteiger partial charge in [0.2, 0.25) is 0 Å². The average Bonchev–Trinajstić information content (AvgIpc) is 2.79. The van der Waals surface area contributed by atoms with Crippen LogP contribution in [0.1, 0.15) is 6.92 Å². The molecular formula is C23H23FN2O5S. The van der Waals surface area contributed by atoms with Crippen molar-refractivity contribution in [3.05, 3.63) is 78.6 Å². The number of nitrogens with one attached hydrogen (secondary N) is 1. The molecule has 7 nitrogen and oxygen atoms in total. The van der Waals surface area contributed by atoms with Crippen molar-refractivity contribution in [3.63, 3.8) is 0 Å². The SMILES string of the molecule is CCOc1ccc(NS(=O)(=O)c2ccc(OCC(=O)N(C)c3ccc(F)cc3)cc2)cc1. The third kappa shape index (κ3) is 5.98. The van der Waals surface area contributed by atoms with E-state index in [1.807, 2.05) is 6.92 Å². The lowest BCUT2D eigenvalue weighted by Crippen LogP contribution is -2.31. The van der Waals surface area contributed by atoms with Gasteiger partial charge < -0.3 is 14.4 Å². The van der Waals surface area contributed by atoms with Gasteiger partial charge in [0.05, 0.1) is 11.5 Å². The summed E-state index contributed by atoms with van der Waals surface area (Å²) in [6.45, 7) is 2.13. The number of likely N-dealkylation sites (N-methyl/N-ethyl adjacent to an activating group) is 1. The second kappa shape index (κ2) is 10.1. The summed E-state index contributed by atoms with van der Waals surface area (Å²) in [7, 11) is -2.23. The lowest BCUT2D eigenvalue weighted by atomic mass is 10.3. The molecule has 0 heterocycles. The largest absolute Gasteiger partial charge is 0.494 e. The monoisotopic (exact) mass is 458 g/mol. The van der Waals surface area contributed by atoms with E-state index in [-0.39, 0.29) is 17.4 Å². The van der Waals surface area contributed by atoms with Crippen molar-refractivity contribution in [1.29, 1.82) is 0 Å². The number of hydrogen-bond acceptors (Lipinski definition) is 5. The summed E-state index contributed by atoms with van der Waals surface area (Å²) in [5.74, 6) is 0.255. The minimum absolute atomic E-state index is 0.0495. The second-order valence-electron chi connectivity index (χ2n) is 6.75. The predicted octanol–water partition coefficient (Wildman–Crippen LogP) is 4.07. The van der Waals surface area contributed by atoms with Crippen LogP contribution in [0.15, 0.2) is 77.7 Å². The molecule has 1 amide bonds. The van der Waals surface area contributed by atoms with Crippen LogP contribution in [0.5, 0.6) is 11.5 Å². The Morgan fingerprint density at radius 2 is 1.47 bits per heavy atom. The third-order valence-electron chi connectivity index (χ3n) is 4.50. The van der Waals surface area contributed by atoms with Gasteiger partial charge in [0.25, 0.3) is 15.9 Å². The summed E-state index contributed by atoms with van der Waals surface area (Å²) in [5.41, 5.74) is 0.935. The Bertz CT molecular complexity index is 1150. The van der Waals surface area contributed by atoms with Crippen LogP contribution in [0, 0.1) is 5.82 Å². The van der Waals surface area contributed by atoms with Gasteiger partial charge in [0, 0.05) is 18.4 Å². The van der Waals surface area contributed by atoms with E-state index in [1.54, 1.807) is 31.3 Å². The summed E-state index contributed by atoms with van der Waals surface area (Å²) < 4.78 is 51.5. The molecule has 0 aliphatic carbocycles. The number of halogens is 1. The smallest absolute Gasteiger partial charge is 0.264 e. The molecule has 1 N–H and O–H groups in total. The van der Waals surface area contributed by atoms with Gasteiger partial charge in [-0.15, -0.1) is 0 Å².